The highest BCUT2D eigenvalue weighted by atomic mass is 16.5. The zero-order chi connectivity index (χ0) is 22.2. The minimum atomic E-state index is -0.531. The number of rotatable bonds is 9. The van der Waals surface area contributed by atoms with Crippen LogP contribution in [-0.4, -0.2) is 44.9 Å². The van der Waals surface area contributed by atoms with E-state index >= 15 is 0 Å². The molecule has 1 heterocycles. The number of hydrogen-bond acceptors (Lipinski definition) is 5. The molecular formula is C25H24N4O3. The molecule has 0 radical (unpaired) electrons. The lowest BCUT2D eigenvalue weighted by molar-refractivity contribution is -0.152. The van der Waals surface area contributed by atoms with Crippen LogP contribution in [-0.2, 0) is 33.8 Å². The topological polar surface area (TPSA) is 77.3 Å². The van der Waals surface area contributed by atoms with E-state index in [1.807, 2.05) is 84.9 Å². The number of para-hydroxylation sites is 1. The SMILES string of the molecule is O=C(Cn1nnc2ccccc21)OCC(=O)N(CCc1ccccc1)Cc1ccccc1. The average Bonchev–Trinajstić information content (AvgIpc) is 3.24. The number of amides is 1. The number of carbonyl (C=O) groups is 2. The summed E-state index contributed by atoms with van der Waals surface area (Å²) < 4.78 is 6.75. The number of benzene rings is 3. The molecule has 0 aliphatic heterocycles. The Morgan fingerprint density at radius 2 is 1.50 bits per heavy atom. The minimum absolute atomic E-state index is 0.101. The van der Waals surface area contributed by atoms with Gasteiger partial charge in [-0.1, -0.05) is 78.0 Å². The summed E-state index contributed by atoms with van der Waals surface area (Å²) in [7, 11) is 0. The molecule has 0 aliphatic carbocycles. The van der Waals surface area contributed by atoms with Gasteiger partial charge in [-0.2, -0.15) is 0 Å². The molecule has 1 aromatic heterocycles. The van der Waals surface area contributed by atoms with E-state index in [1.54, 1.807) is 4.90 Å². The fraction of sp³-hybridized carbons (Fsp3) is 0.200. The van der Waals surface area contributed by atoms with Crippen LogP contribution in [0.5, 0.6) is 0 Å². The van der Waals surface area contributed by atoms with Gasteiger partial charge in [-0.05, 0) is 29.7 Å². The molecule has 0 atom stereocenters. The van der Waals surface area contributed by atoms with Crippen LogP contribution in [0.3, 0.4) is 0 Å². The lowest BCUT2D eigenvalue weighted by atomic mass is 10.1. The van der Waals surface area contributed by atoms with E-state index in [9.17, 15) is 9.59 Å². The smallest absolute Gasteiger partial charge is 0.328 e. The zero-order valence-corrected chi connectivity index (χ0v) is 17.6. The first-order valence-electron chi connectivity index (χ1n) is 10.5. The van der Waals surface area contributed by atoms with Crippen molar-refractivity contribution in [1.82, 2.24) is 19.9 Å². The number of fused-ring (bicyclic) bond motifs is 1. The molecule has 0 fully saturated rings. The van der Waals surface area contributed by atoms with Crippen molar-refractivity contribution in [3.63, 3.8) is 0 Å². The van der Waals surface area contributed by atoms with Crippen molar-refractivity contribution in [3.8, 4) is 0 Å². The van der Waals surface area contributed by atoms with Gasteiger partial charge in [0.05, 0.1) is 5.52 Å². The molecule has 0 N–H and O–H groups in total. The van der Waals surface area contributed by atoms with Crippen LogP contribution in [0, 0.1) is 0 Å². The van der Waals surface area contributed by atoms with Crippen LogP contribution < -0.4 is 0 Å². The monoisotopic (exact) mass is 428 g/mol. The Morgan fingerprint density at radius 3 is 2.25 bits per heavy atom. The molecular weight excluding hydrogens is 404 g/mol. The summed E-state index contributed by atoms with van der Waals surface area (Å²) >= 11 is 0. The molecule has 7 heteroatoms. The van der Waals surface area contributed by atoms with Crippen molar-refractivity contribution in [2.75, 3.05) is 13.2 Å². The quantitative estimate of drug-likeness (QED) is 0.383. The van der Waals surface area contributed by atoms with E-state index in [2.05, 4.69) is 10.3 Å². The highest BCUT2D eigenvalue weighted by molar-refractivity contribution is 5.81. The largest absolute Gasteiger partial charge is 0.454 e. The highest BCUT2D eigenvalue weighted by Gasteiger charge is 2.17. The lowest BCUT2D eigenvalue weighted by Gasteiger charge is -2.23. The molecule has 7 nitrogen and oxygen atoms in total. The van der Waals surface area contributed by atoms with Crippen LogP contribution in [0.25, 0.3) is 11.0 Å². The number of carbonyl (C=O) groups excluding carboxylic acids is 2. The van der Waals surface area contributed by atoms with Gasteiger partial charge in [0, 0.05) is 13.1 Å². The van der Waals surface area contributed by atoms with Gasteiger partial charge in [-0.3, -0.25) is 9.59 Å². The fourth-order valence-electron chi connectivity index (χ4n) is 3.44. The first-order valence-corrected chi connectivity index (χ1v) is 10.5. The van der Waals surface area contributed by atoms with Crippen LogP contribution in [0.1, 0.15) is 11.1 Å². The molecule has 162 valence electrons. The molecule has 0 saturated carbocycles. The molecule has 0 unspecified atom stereocenters. The van der Waals surface area contributed by atoms with Crippen molar-refractivity contribution >= 4 is 22.9 Å². The Hall–Kier alpha value is -4.00. The van der Waals surface area contributed by atoms with Gasteiger partial charge in [0.1, 0.15) is 12.1 Å². The third-order valence-electron chi connectivity index (χ3n) is 5.14. The second kappa shape index (κ2) is 10.3. The lowest BCUT2D eigenvalue weighted by Crippen LogP contribution is -2.36. The summed E-state index contributed by atoms with van der Waals surface area (Å²) in [5, 5.41) is 8.01. The summed E-state index contributed by atoms with van der Waals surface area (Å²) in [5.74, 6) is -0.765. The Labute approximate surface area is 186 Å². The Kier molecular flexibility index (Phi) is 6.87. The predicted molar refractivity (Wildman–Crippen MR) is 120 cm³/mol. The van der Waals surface area contributed by atoms with Crippen LogP contribution in [0.4, 0.5) is 0 Å². The second-order valence-corrected chi connectivity index (χ2v) is 7.43. The first kappa shape index (κ1) is 21.2. The number of esters is 1. The standard InChI is InChI=1S/C25H24N4O3/c30-24(19-32-25(31)18-29-23-14-8-7-13-22(23)26-27-29)28(17-21-11-5-2-6-12-21)16-15-20-9-3-1-4-10-20/h1-14H,15-19H2. The molecule has 0 spiro atoms. The molecule has 3 aromatic carbocycles. The van der Waals surface area contributed by atoms with E-state index < -0.39 is 5.97 Å². The molecule has 0 bridgehead atoms. The fourth-order valence-corrected chi connectivity index (χ4v) is 3.44. The number of nitrogens with zero attached hydrogens (tertiary/aromatic N) is 4. The number of ether oxygens (including phenoxy) is 1. The minimum Gasteiger partial charge on any atom is -0.454 e. The van der Waals surface area contributed by atoms with Crippen molar-refractivity contribution in [1.29, 1.82) is 0 Å². The Bertz CT molecular complexity index is 1180. The van der Waals surface area contributed by atoms with Crippen LogP contribution in [0.15, 0.2) is 84.9 Å². The molecule has 32 heavy (non-hydrogen) atoms. The van der Waals surface area contributed by atoms with Gasteiger partial charge in [0.15, 0.2) is 6.61 Å². The second-order valence-electron chi connectivity index (χ2n) is 7.43. The average molecular weight is 428 g/mol. The maximum atomic E-state index is 12.9. The van der Waals surface area contributed by atoms with Crippen molar-refractivity contribution < 1.29 is 14.3 Å². The van der Waals surface area contributed by atoms with E-state index in [1.165, 1.54) is 4.68 Å². The van der Waals surface area contributed by atoms with Gasteiger partial charge < -0.3 is 9.64 Å². The van der Waals surface area contributed by atoms with E-state index in [0.29, 0.717) is 18.6 Å². The van der Waals surface area contributed by atoms with Gasteiger partial charge in [-0.25, -0.2) is 4.68 Å². The molecule has 4 aromatic rings. The number of hydrogen-bond donors (Lipinski definition) is 0. The molecule has 1 amide bonds. The van der Waals surface area contributed by atoms with Crippen LogP contribution in [0.2, 0.25) is 0 Å². The maximum Gasteiger partial charge on any atom is 0.328 e. The van der Waals surface area contributed by atoms with E-state index in [-0.39, 0.29) is 19.1 Å². The highest BCUT2D eigenvalue weighted by Crippen LogP contribution is 2.10. The maximum absolute atomic E-state index is 12.9. The summed E-state index contributed by atoms with van der Waals surface area (Å²) in [6, 6.07) is 27.1. The summed E-state index contributed by atoms with van der Waals surface area (Å²) in [4.78, 5) is 27.0. The van der Waals surface area contributed by atoms with Gasteiger partial charge >= 0.3 is 5.97 Å². The Morgan fingerprint density at radius 1 is 0.844 bits per heavy atom. The summed E-state index contributed by atoms with van der Waals surface area (Å²) in [6.45, 7) is 0.574. The van der Waals surface area contributed by atoms with Gasteiger partial charge in [0.25, 0.3) is 5.91 Å². The van der Waals surface area contributed by atoms with Gasteiger partial charge in [0.2, 0.25) is 0 Å². The van der Waals surface area contributed by atoms with E-state index in [0.717, 1.165) is 23.1 Å². The predicted octanol–water partition coefficient (Wildman–Crippen LogP) is 3.25. The molecule has 4 rings (SSSR count). The van der Waals surface area contributed by atoms with Crippen molar-refractivity contribution in [3.05, 3.63) is 96.1 Å². The zero-order valence-electron chi connectivity index (χ0n) is 17.6. The van der Waals surface area contributed by atoms with Crippen LogP contribution >= 0.6 is 0 Å². The van der Waals surface area contributed by atoms with Crippen molar-refractivity contribution in [2.24, 2.45) is 0 Å². The number of aromatic nitrogens is 3. The van der Waals surface area contributed by atoms with E-state index in [4.69, 9.17) is 4.74 Å². The third-order valence-corrected chi connectivity index (χ3v) is 5.14. The molecule has 0 saturated heterocycles. The summed E-state index contributed by atoms with van der Waals surface area (Å²) in [6.07, 6.45) is 0.721. The molecule has 0 aliphatic rings. The summed E-state index contributed by atoms with van der Waals surface area (Å²) in [5.41, 5.74) is 3.61. The third kappa shape index (κ3) is 5.57. The first-order chi connectivity index (χ1) is 15.7. The van der Waals surface area contributed by atoms with Crippen molar-refractivity contribution in [2.45, 2.75) is 19.5 Å². The van der Waals surface area contributed by atoms with Gasteiger partial charge in [-0.15, -0.1) is 5.10 Å². The Balaban J connectivity index is 1.36. The normalized spacial score (nSPS) is 10.8.